The van der Waals surface area contributed by atoms with Gasteiger partial charge in [-0.15, -0.1) is 0 Å². The van der Waals surface area contributed by atoms with Crippen LogP contribution in [0.2, 0.25) is 0 Å². The molecule has 1 aromatic carbocycles. The van der Waals surface area contributed by atoms with Crippen molar-refractivity contribution in [3.05, 3.63) is 30.2 Å². The van der Waals surface area contributed by atoms with Crippen LogP contribution < -0.4 is 0 Å². The molecule has 0 amide bonds. The fraction of sp³-hybridized carbons (Fsp3) is 0.529. The van der Waals surface area contributed by atoms with Crippen LogP contribution >= 0.6 is 0 Å². The maximum atomic E-state index is 13.4. The number of aromatic nitrogens is 1. The van der Waals surface area contributed by atoms with Crippen LogP contribution in [-0.2, 0) is 9.53 Å². The van der Waals surface area contributed by atoms with E-state index in [1.807, 2.05) is 0 Å². The smallest absolute Gasteiger partial charge is 0.434 e. The Hall–Kier alpha value is -2.30. The first-order valence-electron chi connectivity index (χ1n) is 8.45. The lowest BCUT2D eigenvalue weighted by Crippen LogP contribution is -2.44. The number of rotatable bonds is 4. The molecule has 11 heteroatoms. The molecular formula is C17H16F6N2O3. The highest BCUT2D eigenvalue weighted by Crippen LogP contribution is 2.38. The van der Waals surface area contributed by atoms with Gasteiger partial charge in [-0.2, -0.15) is 26.3 Å². The Morgan fingerprint density at radius 3 is 2.61 bits per heavy atom. The quantitative estimate of drug-likeness (QED) is 0.557. The van der Waals surface area contributed by atoms with Gasteiger partial charge in [-0.05, 0) is 31.5 Å². The van der Waals surface area contributed by atoms with E-state index < -0.39 is 42.8 Å². The molecule has 1 aliphatic rings. The standard InChI is InChI=1S/C17H16F6N2O3/c18-16(19,20)9-25-7-3-4-10(8-25)15(26)28-13(17(21,22)23)14-24-11-5-1-2-6-12(11)27-14/h1-2,5-6,10,13H,3-4,7-9H2/t10-,13-/m1/s1. The molecule has 0 bridgehead atoms. The third-order valence-corrected chi connectivity index (χ3v) is 4.31. The van der Waals surface area contributed by atoms with E-state index in [-0.39, 0.29) is 37.0 Å². The Labute approximate surface area is 155 Å². The van der Waals surface area contributed by atoms with Gasteiger partial charge in [0.15, 0.2) is 5.58 Å². The van der Waals surface area contributed by atoms with Crippen molar-refractivity contribution >= 4 is 17.1 Å². The molecule has 0 spiro atoms. The van der Waals surface area contributed by atoms with Crippen LogP contribution in [0.1, 0.15) is 24.8 Å². The zero-order valence-electron chi connectivity index (χ0n) is 14.4. The molecule has 3 rings (SSSR count). The molecule has 1 aromatic heterocycles. The maximum Gasteiger partial charge on any atom is 0.434 e. The molecule has 0 aliphatic carbocycles. The number of oxazole rings is 1. The van der Waals surface area contributed by atoms with Gasteiger partial charge in [-0.25, -0.2) is 4.98 Å². The molecule has 1 fully saturated rings. The van der Waals surface area contributed by atoms with Crippen molar-refractivity contribution in [1.82, 2.24) is 9.88 Å². The Morgan fingerprint density at radius 2 is 1.96 bits per heavy atom. The molecule has 2 heterocycles. The first kappa shape index (κ1) is 20.4. The normalized spacial score (nSPS) is 20.3. The van der Waals surface area contributed by atoms with Crippen molar-refractivity contribution in [1.29, 1.82) is 0 Å². The molecule has 0 unspecified atom stereocenters. The summed E-state index contributed by atoms with van der Waals surface area (Å²) in [7, 11) is 0. The zero-order chi connectivity index (χ0) is 20.5. The first-order valence-corrected chi connectivity index (χ1v) is 8.45. The number of alkyl halides is 6. The zero-order valence-corrected chi connectivity index (χ0v) is 14.4. The van der Waals surface area contributed by atoms with Gasteiger partial charge in [-0.1, -0.05) is 12.1 Å². The summed E-state index contributed by atoms with van der Waals surface area (Å²) < 4.78 is 87.5. The summed E-state index contributed by atoms with van der Waals surface area (Å²) in [5.74, 6) is -3.15. The molecule has 2 atom stereocenters. The van der Waals surface area contributed by atoms with Gasteiger partial charge < -0.3 is 9.15 Å². The lowest BCUT2D eigenvalue weighted by molar-refractivity contribution is -0.232. The predicted octanol–water partition coefficient (Wildman–Crippen LogP) is 4.25. The van der Waals surface area contributed by atoms with Crippen molar-refractivity contribution in [3.8, 4) is 0 Å². The fourth-order valence-corrected chi connectivity index (χ4v) is 3.12. The second-order valence-electron chi connectivity index (χ2n) is 6.57. The Kier molecular flexibility index (Phi) is 5.55. The Balaban J connectivity index is 1.75. The van der Waals surface area contributed by atoms with Gasteiger partial charge in [0.1, 0.15) is 5.52 Å². The topological polar surface area (TPSA) is 55.6 Å². The van der Waals surface area contributed by atoms with E-state index in [4.69, 9.17) is 4.42 Å². The minimum Gasteiger partial charge on any atom is -0.442 e. The highest BCUT2D eigenvalue weighted by Gasteiger charge is 2.48. The van der Waals surface area contributed by atoms with Crippen LogP contribution in [0.25, 0.3) is 11.1 Å². The number of hydrogen-bond acceptors (Lipinski definition) is 5. The molecule has 5 nitrogen and oxygen atoms in total. The summed E-state index contributed by atoms with van der Waals surface area (Å²) in [6.07, 6.45) is -11.8. The molecule has 0 radical (unpaired) electrons. The first-order chi connectivity index (χ1) is 13.0. The van der Waals surface area contributed by atoms with E-state index in [1.54, 1.807) is 12.1 Å². The largest absolute Gasteiger partial charge is 0.442 e. The number of para-hydroxylation sites is 2. The molecule has 0 saturated carbocycles. The number of carbonyl (C=O) groups is 1. The third kappa shape index (κ3) is 4.94. The summed E-state index contributed by atoms with van der Waals surface area (Å²) in [5.41, 5.74) is 0.258. The minimum atomic E-state index is -4.99. The number of piperidine rings is 1. The van der Waals surface area contributed by atoms with Gasteiger partial charge in [-0.3, -0.25) is 9.69 Å². The average molecular weight is 410 g/mol. The van der Waals surface area contributed by atoms with Gasteiger partial charge in [0.25, 0.3) is 6.10 Å². The third-order valence-electron chi connectivity index (χ3n) is 4.31. The number of benzene rings is 1. The SMILES string of the molecule is O=C(O[C@H](c1nc2ccccc2o1)C(F)(F)F)[C@@H]1CCCN(CC(F)(F)F)C1. The number of hydrogen-bond donors (Lipinski definition) is 0. The molecule has 2 aromatic rings. The number of halogens is 6. The van der Waals surface area contributed by atoms with E-state index >= 15 is 0 Å². The molecule has 28 heavy (non-hydrogen) atoms. The van der Waals surface area contributed by atoms with E-state index in [1.165, 1.54) is 12.1 Å². The molecule has 1 saturated heterocycles. The second kappa shape index (κ2) is 7.61. The molecule has 0 N–H and O–H groups in total. The summed E-state index contributed by atoms with van der Waals surface area (Å²) >= 11 is 0. The van der Waals surface area contributed by atoms with Gasteiger partial charge in [0.05, 0.1) is 12.5 Å². The number of ether oxygens (including phenoxy) is 1. The lowest BCUT2D eigenvalue weighted by Gasteiger charge is -2.32. The van der Waals surface area contributed by atoms with Gasteiger partial charge >= 0.3 is 18.3 Å². The van der Waals surface area contributed by atoms with Crippen molar-refractivity contribution in [2.24, 2.45) is 5.92 Å². The summed E-state index contributed by atoms with van der Waals surface area (Å²) in [6, 6.07) is 5.95. The predicted molar refractivity (Wildman–Crippen MR) is 84.1 cm³/mol. The van der Waals surface area contributed by atoms with Crippen LogP contribution in [0.3, 0.4) is 0 Å². The maximum absolute atomic E-state index is 13.4. The van der Waals surface area contributed by atoms with E-state index in [2.05, 4.69) is 9.72 Å². The van der Waals surface area contributed by atoms with Crippen LogP contribution in [-0.4, -0.2) is 47.8 Å². The number of likely N-dealkylation sites (tertiary alicyclic amines) is 1. The molecule has 154 valence electrons. The van der Waals surface area contributed by atoms with Crippen molar-refractivity contribution in [3.63, 3.8) is 0 Å². The van der Waals surface area contributed by atoms with Crippen molar-refractivity contribution < 1.29 is 40.3 Å². The monoisotopic (exact) mass is 410 g/mol. The lowest BCUT2D eigenvalue weighted by atomic mass is 9.98. The number of nitrogens with zero attached hydrogens (tertiary/aromatic N) is 2. The molecule has 1 aliphatic heterocycles. The summed E-state index contributed by atoms with van der Waals surface area (Å²) in [5, 5.41) is 0. The molecular weight excluding hydrogens is 394 g/mol. The fourth-order valence-electron chi connectivity index (χ4n) is 3.12. The Morgan fingerprint density at radius 1 is 1.25 bits per heavy atom. The second-order valence-corrected chi connectivity index (χ2v) is 6.57. The van der Waals surface area contributed by atoms with Crippen LogP contribution in [0.15, 0.2) is 28.7 Å². The van der Waals surface area contributed by atoms with Crippen LogP contribution in [0.5, 0.6) is 0 Å². The van der Waals surface area contributed by atoms with Crippen LogP contribution in [0.4, 0.5) is 26.3 Å². The van der Waals surface area contributed by atoms with Crippen LogP contribution in [0, 0.1) is 5.92 Å². The highest BCUT2D eigenvalue weighted by atomic mass is 19.4. The summed E-state index contributed by atoms with van der Waals surface area (Å²) in [6.45, 7) is -1.45. The minimum absolute atomic E-state index is 0.0943. The highest BCUT2D eigenvalue weighted by molar-refractivity contribution is 5.74. The van der Waals surface area contributed by atoms with E-state index in [0.29, 0.717) is 0 Å². The van der Waals surface area contributed by atoms with Gasteiger partial charge in [0.2, 0.25) is 5.89 Å². The number of carbonyl (C=O) groups excluding carboxylic acids is 1. The van der Waals surface area contributed by atoms with E-state index in [9.17, 15) is 31.1 Å². The number of fused-ring (bicyclic) bond motifs is 1. The van der Waals surface area contributed by atoms with Crippen molar-refractivity contribution in [2.45, 2.75) is 31.3 Å². The van der Waals surface area contributed by atoms with Gasteiger partial charge in [0, 0.05) is 6.54 Å². The summed E-state index contributed by atoms with van der Waals surface area (Å²) in [4.78, 5) is 17.0. The number of esters is 1. The van der Waals surface area contributed by atoms with Crippen molar-refractivity contribution in [2.75, 3.05) is 19.6 Å². The van der Waals surface area contributed by atoms with E-state index in [0.717, 1.165) is 4.90 Å². The Bertz CT molecular complexity index is 799. The average Bonchev–Trinajstić information content (AvgIpc) is 3.00.